The number of ether oxygens (including phenoxy) is 1. The molecule has 0 amide bonds. The number of hydrogen-bond donors (Lipinski definition) is 0. The van der Waals surface area contributed by atoms with Gasteiger partial charge in [-0.25, -0.2) is 15.0 Å². The van der Waals surface area contributed by atoms with E-state index in [1.54, 1.807) is 7.11 Å². The second-order valence-corrected chi connectivity index (χ2v) is 8.05. The molecule has 4 heteroatoms. The number of fused-ring (bicyclic) bond motifs is 1. The van der Waals surface area contributed by atoms with Crippen molar-refractivity contribution in [2.45, 2.75) is 39.5 Å². The smallest absolute Gasteiger partial charge is 0.178 e. The largest absolute Gasteiger partial charge is 0.497 e. The molecule has 0 N–H and O–H groups in total. The molecule has 3 aromatic rings. The fourth-order valence-electron chi connectivity index (χ4n) is 3.60. The van der Waals surface area contributed by atoms with Crippen molar-refractivity contribution in [3.63, 3.8) is 0 Å². The first-order valence-electron chi connectivity index (χ1n) is 9.46. The molecule has 1 aliphatic carbocycles. The Hall–Kier alpha value is -2.75. The van der Waals surface area contributed by atoms with E-state index in [1.807, 2.05) is 30.5 Å². The predicted molar refractivity (Wildman–Crippen MR) is 107 cm³/mol. The van der Waals surface area contributed by atoms with Crippen LogP contribution in [0.15, 0.2) is 48.7 Å². The molecule has 0 fully saturated rings. The van der Waals surface area contributed by atoms with Crippen molar-refractivity contribution >= 4 is 0 Å². The van der Waals surface area contributed by atoms with Gasteiger partial charge in [-0.3, -0.25) is 0 Å². The summed E-state index contributed by atoms with van der Waals surface area (Å²) >= 11 is 0. The highest BCUT2D eigenvalue weighted by molar-refractivity contribution is 5.50. The van der Waals surface area contributed by atoms with Crippen LogP contribution in [0.1, 0.15) is 42.8 Å². The molecule has 0 spiro atoms. The van der Waals surface area contributed by atoms with E-state index in [-0.39, 0.29) is 0 Å². The summed E-state index contributed by atoms with van der Waals surface area (Å²) in [5.41, 5.74) is 5.83. The van der Waals surface area contributed by atoms with Crippen LogP contribution in [0, 0.1) is 5.41 Å². The Kier molecular flexibility index (Phi) is 4.65. The minimum absolute atomic E-state index is 0.308. The van der Waals surface area contributed by atoms with Crippen LogP contribution in [0.4, 0.5) is 0 Å². The topological polar surface area (TPSA) is 47.9 Å². The molecule has 4 nitrogen and oxygen atoms in total. The SMILES string of the molecule is COc1ccc(Cc2cccc(-c3ncc4c(n3)CC(C)(C)CC4)n2)cc1. The summed E-state index contributed by atoms with van der Waals surface area (Å²) in [6, 6.07) is 14.2. The number of benzene rings is 1. The van der Waals surface area contributed by atoms with Crippen LogP contribution in [0.2, 0.25) is 0 Å². The number of hydrogen-bond acceptors (Lipinski definition) is 4. The number of methoxy groups -OCH3 is 1. The summed E-state index contributed by atoms with van der Waals surface area (Å²) < 4.78 is 5.22. The quantitative estimate of drug-likeness (QED) is 0.680. The fourth-order valence-corrected chi connectivity index (χ4v) is 3.60. The highest BCUT2D eigenvalue weighted by atomic mass is 16.5. The maximum Gasteiger partial charge on any atom is 0.178 e. The minimum Gasteiger partial charge on any atom is -0.497 e. The zero-order chi connectivity index (χ0) is 18.9. The standard InChI is InChI=1S/C23H25N3O/c1-23(2)12-11-17-15-24-22(26-21(17)14-23)20-6-4-5-18(25-20)13-16-7-9-19(27-3)10-8-16/h4-10,15H,11-14H2,1-3H3. The first-order valence-corrected chi connectivity index (χ1v) is 9.46. The molecule has 0 unspecified atom stereocenters. The molecule has 27 heavy (non-hydrogen) atoms. The van der Waals surface area contributed by atoms with E-state index in [0.717, 1.165) is 42.2 Å². The van der Waals surface area contributed by atoms with Gasteiger partial charge in [-0.1, -0.05) is 32.0 Å². The van der Waals surface area contributed by atoms with E-state index >= 15 is 0 Å². The van der Waals surface area contributed by atoms with Gasteiger partial charge < -0.3 is 4.74 Å². The Morgan fingerprint density at radius 2 is 1.85 bits per heavy atom. The molecule has 4 rings (SSSR count). The normalized spacial score (nSPS) is 15.2. The average molecular weight is 359 g/mol. The predicted octanol–water partition coefficient (Wildman–Crippen LogP) is 4.65. The van der Waals surface area contributed by atoms with E-state index in [0.29, 0.717) is 5.41 Å². The van der Waals surface area contributed by atoms with Crippen LogP contribution in [0.25, 0.3) is 11.5 Å². The summed E-state index contributed by atoms with van der Waals surface area (Å²) in [7, 11) is 1.68. The van der Waals surface area contributed by atoms with Gasteiger partial charge in [0.25, 0.3) is 0 Å². The van der Waals surface area contributed by atoms with Crippen molar-refractivity contribution in [3.05, 3.63) is 71.2 Å². The third-order valence-electron chi connectivity index (χ3n) is 5.25. The summed E-state index contributed by atoms with van der Waals surface area (Å²) in [6.07, 6.45) is 6.02. The van der Waals surface area contributed by atoms with Crippen LogP contribution < -0.4 is 4.74 Å². The summed E-state index contributed by atoms with van der Waals surface area (Å²) in [5.74, 6) is 1.59. The lowest BCUT2D eigenvalue weighted by molar-refractivity contribution is 0.310. The Labute approximate surface area is 160 Å². The van der Waals surface area contributed by atoms with Gasteiger partial charge in [0.05, 0.1) is 7.11 Å². The van der Waals surface area contributed by atoms with Gasteiger partial charge in [-0.05, 0) is 60.1 Å². The number of aryl methyl sites for hydroxylation is 1. The number of nitrogens with zero attached hydrogens (tertiary/aromatic N) is 3. The zero-order valence-corrected chi connectivity index (χ0v) is 16.2. The molecule has 0 bridgehead atoms. The molecular formula is C23H25N3O. The average Bonchev–Trinajstić information content (AvgIpc) is 2.67. The molecule has 0 aliphatic heterocycles. The van der Waals surface area contributed by atoms with Crippen molar-refractivity contribution in [2.75, 3.05) is 7.11 Å². The van der Waals surface area contributed by atoms with Gasteiger partial charge in [0.2, 0.25) is 0 Å². The molecule has 138 valence electrons. The van der Waals surface area contributed by atoms with Gasteiger partial charge >= 0.3 is 0 Å². The third-order valence-corrected chi connectivity index (χ3v) is 5.25. The number of pyridine rings is 1. The summed E-state index contributed by atoms with van der Waals surface area (Å²) in [6.45, 7) is 4.62. The van der Waals surface area contributed by atoms with Crippen molar-refractivity contribution in [3.8, 4) is 17.3 Å². The molecule has 2 heterocycles. The number of aromatic nitrogens is 3. The monoisotopic (exact) mass is 359 g/mol. The molecule has 1 aromatic carbocycles. The van der Waals surface area contributed by atoms with Crippen molar-refractivity contribution in [1.29, 1.82) is 0 Å². The van der Waals surface area contributed by atoms with Crippen molar-refractivity contribution in [2.24, 2.45) is 5.41 Å². The van der Waals surface area contributed by atoms with Crippen LogP contribution in [0.3, 0.4) is 0 Å². The molecule has 2 aromatic heterocycles. The van der Waals surface area contributed by atoms with Crippen molar-refractivity contribution < 1.29 is 4.74 Å². The highest BCUT2D eigenvalue weighted by Crippen LogP contribution is 2.34. The summed E-state index contributed by atoms with van der Waals surface area (Å²) in [5, 5.41) is 0. The highest BCUT2D eigenvalue weighted by Gasteiger charge is 2.26. The second-order valence-electron chi connectivity index (χ2n) is 8.05. The first kappa shape index (κ1) is 17.7. The maximum absolute atomic E-state index is 5.22. The summed E-state index contributed by atoms with van der Waals surface area (Å²) in [4.78, 5) is 14.3. The zero-order valence-electron chi connectivity index (χ0n) is 16.2. The van der Waals surface area contributed by atoms with E-state index in [4.69, 9.17) is 14.7 Å². The van der Waals surface area contributed by atoms with Crippen molar-refractivity contribution in [1.82, 2.24) is 15.0 Å². The molecular weight excluding hydrogens is 334 g/mol. The molecule has 0 saturated heterocycles. The van der Waals surface area contributed by atoms with E-state index < -0.39 is 0 Å². The lowest BCUT2D eigenvalue weighted by Gasteiger charge is -2.30. The molecule has 0 atom stereocenters. The van der Waals surface area contributed by atoms with Gasteiger partial charge in [0.15, 0.2) is 5.82 Å². The van der Waals surface area contributed by atoms with Gasteiger partial charge in [0, 0.05) is 24.0 Å². The Morgan fingerprint density at radius 1 is 1.04 bits per heavy atom. The molecule has 0 saturated carbocycles. The van der Waals surface area contributed by atoms with Crippen LogP contribution in [-0.4, -0.2) is 22.1 Å². The van der Waals surface area contributed by atoms with E-state index in [2.05, 4.69) is 37.0 Å². The fraction of sp³-hybridized carbons (Fsp3) is 0.348. The Bertz CT molecular complexity index is 948. The lowest BCUT2D eigenvalue weighted by atomic mass is 9.77. The van der Waals surface area contributed by atoms with E-state index in [9.17, 15) is 0 Å². The van der Waals surface area contributed by atoms with E-state index in [1.165, 1.54) is 23.2 Å². The minimum atomic E-state index is 0.308. The third kappa shape index (κ3) is 4.00. The maximum atomic E-state index is 5.22. The second kappa shape index (κ2) is 7.10. The van der Waals surface area contributed by atoms with Crippen LogP contribution >= 0.6 is 0 Å². The van der Waals surface area contributed by atoms with Crippen LogP contribution in [-0.2, 0) is 19.3 Å². The van der Waals surface area contributed by atoms with Gasteiger partial charge in [-0.15, -0.1) is 0 Å². The molecule has 1 aliphatic rings. The number of rotatable bonds is 4. The lowest BCUT2D eigenvalue weighted by Crippen LogP contribution is -2.23. The first-order chi connectivity index (χ1) is 13.0. The Morgan fingerprint density at radius 3 is 2.63 bits per heavy atom. The van der Waals surface area contributed by atoms with Gasteiger partial charge in [0.1, 0.15) is 11.4 Å². The Balaban J connectivity index is 1.59. The van der Waals surface area contributed by atoms with Crippen LogP contribution in [0.5, 0.6) is 5.75 Å². The molecule has 0 radical (unpaired) electrons. The van der Waals surface area contributed by atoms with Gasteiger partial charge in [-0.2, -0.15) is 0 Å².